The number of aryl methyl sites for hydroxylation is 1. The van der Waals surface area contributed by atoms with Crippen molar-refractivity contribution in [2.24, 2.45) is 0 Å². The van der Waals surface area contributed by atoms with Gasteiger partial charge in [-0.1, -0.05) is 49.4 Å². The minimum atomic E-state index is 0.276. The molecule has 0 bridgehead atoms. The van der Waals surface area contributed by atoms with E-state index >= 15 is 0 Å². The molecule has 23 heavy (non-hydrogen) atoms. The second-order valence-electron chi connectivity index (χ2n) is 5.78. The van der Waals surface area contributed by atoms with Crippen LogP contribution in [0.5, 0.6) is 0 Å². The molecule has 1 unspecified atom stereocenters. The highest BCUT2D eigenvalue weighted by molar-refractivity contribution is 7.80. The van der Waals surface area contributed by atoms with Crippen molar-refractivity contribution in [3.63, 3.8) is 0 Å². The van der Waals surface area contributed by atoms with Crippen molar-refractivity contribution in [1.82, 2.24) is 10.2 Å². The summed E-state index contributed by atoms with van der Waals surface area (Å²) in [4.78, 5) is 2.20. The summed E-state index contributed by atoms with van der Waals surface area (Å²) in [5, 5.41) is 7.21. The molecule has 0 aliphatic heterocycles. The van der Waals surface area contributed by atoms with E-state index in [0.717, 1.165) is 18.7 Å². The molecule has 0 heterocycles. The Kier molecular flexibility index (Phi) is 6.56. The topological polar surface area (TPSA) is 27.3 Å². The normalized spacial score (nSPS) is 12.0. The van der Waals surface area contributed by atoms with Crippen LogP contribution in [0.15, 0.2) is 54.6 Å². The summed E-state index contributed by atoms with van der Waals surface area (Å²) in [6.45, 7) is 2.91. The molecule has 2 rings (SSSR count). The van der Waals surface area contributed by atoms with E-state index in [-0.39, 0.29) is 6.04 Å². The van der Waals surface area contributed by atoms with Crippen LogP contribution in [0.4, 0.5) is 5.69 Å². The van der Waals surface area contributed by atoms with Crippen LogP contribution in [0, 0.1) is 0 Å². The van der Waals surface area contributed by atoms with Gasteiger partial charge in [0.25, 0.3) is 0 Å². The second kappa shape index (κ2) is 8.65. The molecule has 0 radical (unpaired) electrons. The predicted octanol–water partition coefficient (Wildman–Crippen LogP) is 3.84. The van der Waals surface area contributed by atoms with Crippen LogP contribution in [0.3, 0.4) is 0 Å². The van der Waals surface area contributed by atoms with Crippen LogP contribution in [0.2, 0.25) is 0 Å². The molecule has 0 amide bonds. The molecule has 0 saturated carbocycles. The highest BCUT2D eigenvalue weighted by Gasteiger charge is 2.13. The fraction of sp³-hybridized carbons (Fsp3) is 0.316. The van der Waals surface area contributed by atoms with Gasteiger partial charge in [0.15, 0.2) is 5.11 Å². The van der Waals surface area contributed by atoms with Gasteiger partial charge in [0.1, 0.15) is 0 Å². The first-order valence-corrected chi connectivity index (χ1v) is 8.36. The third-order valence-corrected chi connectivity index (χ3v) is 4.13. The van der Waals surface area contributed by atoms with Crippen LogP contribution in [0.25, 0.3) is 0 Å². The summed E-state index contributed by atoms with van der Waals surface area (Å²) < 4.78 is 0. The molecule has 3 nitrogen and oxygen atoms in total. The fourth-order valence-electron chi connectivity index (χ4n) is 2.46. The van der Waals surface area contributed by atoms with Gasteiger partial charge < -0.3 is 15.5 Å². The van der Waals surface area contributed by atoms with E-state index in [4.69, 9.17) is 12.2 Å². The van der Waals surface area contributed by atoms with Gasteiger partial charge in [-0.15, -0.1) is 0 Å². The number of rotatable bonds is 6. The van der Waals surface area contributed by atoms with E-state index in [1.807, 2.05) is 6.07 Å². The summed E-state index contributed by atoms with van der Waals surface area (Å²) in [5.74, 6) is 0. The van der Waals surface area contributed by atoms with Gasteiger partial charge >= 0.3 is 0 Å². The Labute approximate surface area is 144 Å². The van der Waals surface area contributed by atoms with Gasteiger partial charge in [-0.05, 0) is 56.0 Å². The smallest absolute Gasteiger partial charge is 0.170 e. The highest BCUT2D eigenvalue weighted by atomic mass is 32.1. The van der Waals surface area contributed by atoms with Crippen LogP contribution < -0.4 is 10.6 Å². The molecule has 1 atom stereocenters. The Hall–Kier alpha value is -1.91. The molecule has 2 aromatic carbocycles. The lowest BCUT2D eigenvalue weighted by Crippen LogP contribution is -2.36. The van der Waals surface area contributed by atoms with E-state index in [1.165, 1.54) is 11.1 Å². The van der Waals surface area contributed by atoms with Gasteiger partial charge in [0, 0.05) is 12.2 Å². The Balaban J connectivity index is 1.91. The van der Waals surface area contributed by atoms with E-state index in [2.05, 4.69) is 85.1 Å². The maximum Gasteiger partial charge on any atom is 0.170 e. The van der Waals surface area contributed by atoms with Gasteiger partial charge in [-0.2, -0.15) is 0 Å². The first-order chi connectivity index (χ1) is 11.1. The molecule has 0 spiro atoms. The van der Waals surface area contributed by atoms with Crippen molar-refractivity contribution in [3.05, 3.63) is 65.7 Å². The molecule has 0 saturated heterocycles. The molecular formula is C19H25N3S. The first kappa shape index (κ1) is 17.4. The average Bonchev–Trinajstić information content (AvgIpc) is 2.56. The number of hydrogen-bond acceptors (Lipinski definition) is 2. The van der Waals surface area contributed by atoms with Crippen molar-refractivity contribution in [1.29, 1.82) is 0 Å². The number of anilines is 1. The van der Waals surface area contributed by atoms with E-state index in [1.54, 1.807) is 0 Å². The van der Waals surface area contributed by atoms with Crippen molar-refractivity contribution in [2.75, 3.05) is 26.0 Å². The molecule has 0 fully saturated rings. The van der Waals surface area contributed by atoms with E-state index < -0.39 is 0 Å². The zero-order valence-electron chi connectivity index (χ0n) is 14.0. The zero-order valence-corrected chi connectivity index (χ0v) is 14.9. The molecule has 4 heteroatoms. The molecule has 0 aromatic heterocycles. The Morgan fingerprint density at radius 2 is 1.70 bits per heavy atom. The second-order valence-corrected chi connectivity index (χ2v) is 6.18. The number of thiocarbonyl (C=S) groups is 1. The summed E-state index contributed by atoms with van der Waals surface area (Å²) >= 11 is 5.41. The highest BCUT2D eigenvalue weighted by Crippen LogP contribution is 2.17. The zero-order chi connectivity index (χ0) is 16.7. The maximum atomic E-state index is 5.41. The first-order valence-electron chi connectivity index (χ1n) is 7.95. The molecule has 122 valence electrons. The van der Waals surface area contributed by atoms with Crippen molar-refractivity contribution in [3.8, 4) is 0 Å². The minimum absolute atomic E-state index is 0.276. The third-order valence-electron chi connectivity index (χ3n) is 3.88. The average molecular weight is 327 g/mol. The number of nitrogens with zero attached hydrogens (tertiary/aromatic N) is 1. The summed E-state index contributed by atoms with van der Waals surface area (Å²) in [7, 11) is 4.17. The fourth-order valence-corrected chi connectivity index (χ4v) is 2.66. The van der Waals surface area contributed by atoms with Gasteiger partial charge in [0.2, 0.25) is 0 Å². The van der Waals surface area contributed by atoms with Crippen LogP contribution >= 0.6 is 12.2 Å². The van der Waals surface area contributed by atoms with E-state index in [9.17, 15) is 0 Å². The van der Waals surface area contributed by atoms with Crippen molar-refractivity contribution in [2.45, 2.75) is 19.4 Å². The van der Waals surface area contributed by atoms with E-state index in [0.29, 0.717) is 5.11 Å². The van der Waals surface area contributed by atoms with Gasteiger partial charge in [0.05, 0.1) is 6.04 Å². The van der Waals surface area contributed by atoms with Gasteiger partial charge in [-0.3, -0.25) is 0 Å². The van der Waals surface area contributed by atoms with Crippen LogP contribution in [-0.4, -0.2) is 30.7 Å². The van der Waals surface area contributed by atoms with Crippen molar-refractivity contribution >= 4 is 23.0 Å². The quantitative estimate of drug-likeness (QED) is 0.788. The van der Waals surface area contributed by atoms with Crippen LogP contribution in [-0.2, 0) is 6.42 Å². The SMILES string of the molecule is CCc1ccc(NC(=S)NCC(c2ccccc2)N(C)C)cc1. The molecular weight excluding hydrogens is 302 g/mol. The molecule has 2 aromatic rings. The Morgan fingerprint density at radius 3 is 2.26 bits per heavy atom. The summed E-state index contributed by atoms with van der Waals surface area (Å²) in [5.41, 5.74) is 3.62. The summed E-state index contributed by atoms with van der Waals surface area (Å²) in [6, 6.07) is 19.1. The lowest BCUT2D eigenvalue weighted by atomic mass is 10.1. The minimum Gasteiger partial charge on any atom is -0.361 e. The maximum absolute atomic E-state index is 5.41. The largest absolute Gasteiger partial charge is 0.361 e. The third kappa shape index (κ3) is 5.34. The van der Waals surface area contributed by atoms with Gasteiger partial charge in [-0.25, -0.2) is 0 Å². The number of benzene rings is 2. The number of likely N-dealkylation sites (N-methyl/N-ethyl adjacent to an activating group) is 1. The number of hydrogen-bond donors (Lipinski definition) is 2. The Morgan fingerprint density at radius 1 is 1.04 bits per heavy atom. The lowest BCUT2D eigenvalue weighted by molar-refractivity contribution is 0.299. The van der Waals surface area contributed by atoms with Crippen LogP contribution in [0.1, 0.15) is 24.1 Å². The lowest BCUT2D eigenvalue weighted by Gasteiger charge is -2.25. The number of nitrogens with one attached hydrogen (secondary N) is 2. The molecule has 2 N–H and O–H groups in total. The standard InChI is InChI=1S/C19H25N3S/c1-4-15-10-12-17(13-11-15)21-19(23)20-14-18(22(2)3)16-8-6-5-7-9-16/h5-13,18H,4,14H2,1-3H3,(H2,20,21,23). The summed E-state index contributed by atoms with van der Waals surface area (Å²) in [6.07, 6.45) is 1.05. The van der Waals surface area contributed by atoms with Crippen molar-refractivity contribution < 1.29 is 0 Å². The predicted molar refractivity (Wildman–Crippen MR) is 103 cm³/mol. The monoisotopic (exact) mass is 327 g/mol. The molecule has 0 aliphatic rings. The Bertz CT molecular complexity index is 608. The molecule has 0 aliphatic carbocycles.